The van der Waals surface area contributed by atoms with E-state index in [1.54, 1.807) is 7.11 Å². The molecule has 0 saturated carbocycles. The predicted molar refractivity (Wildman–Crippen MR) is 93.8 cm³/mol. The van der Waals surface area contributed by atoms with Gasteiger partial charge in [-0.05, 0) is 25.1 Å². The van der Waals surface area contributed by atoms with E-state index in [9.17, 15) is 0 Å². The number of anilines is 2. The van der Waals surface area contributed by atoms with Crippen molar-refractivity contribution in [2.45, 2.75) is 13.5 Å². The van der Waals surface area contributed by atoms with Crippen molar-refractivity contribution in [1.82, 2.24) is 0 Å². The molecule has 7 nitrogen and oxygen atoms in total. The van der Waals surface area contributed by atoms with Gasteiger partial charge in [-0.2, -0.15) is 4.89 Å². The molecular weight excluding hydrogens is 322 g/mol. The van der Waals surface area contributed by atoms with Crippen LogP contribution in [0.1, 0.15) is 18.1 Å². The molecular formula is C18H19N3O4. The Morgan fingerprint density at radius 1 is 1.28 bits per heavy atom. The molecule has 2 N–H and O–H groups in total. The van der Waals surface area contributed by atoms with Crippen LogP contribution >= 0.6 is 0 Å². The lowest BCUT2D eigenvalue weighted by Crippen LogP contribution is -2.40. The van der Waals surface area contributed by atoms with Crippen LogP contribution in [-0.2, 0) is 11.5 Å². The second kappa shape index (κ2) is 6.18. The first-order valence-electron chi connectivity index (χ1n) is 8.09. The van der Waals surface area contributed by atoms with Gasteiger partial charge in [-0.25, -0.2) is 0 Å². The Balaban J connectivity index is 1.73. The number of nitrogens with zero attached hydrogens (tertiary/aromatic N) is 1. The van der Waals surface area contributed by atoms with Crippen molar-refractivity contribution in [2.75, 3.05) is 30.6 Å². The summed E-state index contributed by atoms with van der Waals surface area (Å²) in [7, 11) is 1.60. The van der Waals surface area contributed by atoms with Crippen LogP contribution in [0.2, 0.25) is 0 Å². The normalized spacial score (nSPS) is 15.1. The molecule has 0 aliphatic carbocycles. The zero-order chi connectivity index (χ0) is 17.4. The third kappa shape index (κ3) is 2.53. The number of hydrogen-bond donors (Lipinski definition) is 2. The average molecular weight is 341 g/mol. The first-order chi connectivity index (χ1) is 12.2. The molecule has 2 aliphatic heterocycles. The zero-order valence-corrected chi connectivity index (χ0v) is 14.1. The van der Waals surface area contributed by atoms with Gasteiger partial charge in [-0.15, -0.1) is 0 Å². The number of fused-ring (bicyclic) bond motifs is 2. The number of ether oxygens (including phenoxy) is 2. The first-order valence-corrected chi connectivity index (χ1v) is 8.09. The summed E-state index contributed by atoms with van der Waals surface area (Å²) < 4.78 is 11.0. The fourth-order valence-electron chi connectivity index (χ4n) is 3.11. The highest BCUT2D eigenvalue weighted by Gasteiger charge is 2.28. The smallest absolute Gasteiger partial charge is 0.173 e. The summed E-state index contributed by atoms with van der Waals surface area (Å²) in [5.41, 5.74) is 3.44. The van der Waals surface area contributed by atoms with Crippen LogP contribution in [0, 0.1) is 5.41 Å². The van der Waals surface area contributed by atoms with E-state index >= 15 is 0 Å². The molecule has 2 aliphatic rings. The summed E-state index contributed by atoms with van der Waals surface area (Å²) in [6.07, 6.45) is 0. The zero-order valence-electron chi connectivity index (χ0n) is 14.1. The molecule has 2 aromatic rings. The molecule has 0 radical (unpaired) electrons. The highest BCUT2D eigenvalue weighted by molar-refractivity contribution is 6.14. The van der Waals surface area contributed by atoms with Crippen LogP contribution in [-0.4, -0.2) is 26.2 Å². The summed E-state index contributed by atoms with van der Waals surface area (Å²) in [6, 6.07) is 9.43. The van der Waals surface area contributed by atoms with Crippen LogP contribution in [0.4, 0.5) is 11.4 Å². The maximum Gasteiger partial charge on any atom is 0.173 e. The lowest BCUT2D eigenvalue weighted by Gasteiger charge is -2.33. The van der Waals surface area contributed by atoms with Gasteiger partial charge in [0.1, 0.15) is 12.4 Å². The monoisotopic (exact) mass is 341 g/mol. The van der Waals surface area contributed by atoms with E-state index in [0.717, 1.165) is 22.5 Å². The van der Waals surface area contributed by atoms with Gasteiger partial charge in [0.25, 0.3) is 0 Å². The minimum atomic E-state index is 0.370. The highest BCUT2D eigenvalue weighted by Crippen LogP contribution is 2.39. The van der Waals surface area contributed by atoms with E-state index in [4.69, 9.17) is 24.7 Å². The Morgan fingerprint density at radius 3 is 2.96 bits per heavy atom. The van der Waals surface area contributed by atoms with E-state index in [1.807, 2.05) is 42.2 Å². The number of amidine groups is 1. The summed E-state index contributed by atoms with van der Waals surface area (Å²) >= 11 is 0. The topological polar surface area (TPSA) is 76.0 Å². The Morgan fingerprint density at radius 2 is 2.16 bits per heavy atom. The standard InChI is InChI=1S/C18H19N3O4/c1-3-23-17-8-13-11(7-16(17)22-2)18(19)21(10-20-13)14-5-4-6-15-12(14)9-24-25-15/h4-8,19-20H,3,9-10H2,1-2H3. The van der Waals surface area contributed by atoms with Gasteiger partial charge in [-0.3, -0.25) is 5.41 Å². The van der Waals surface area contributed by atoms with Crippen LogP contribution in [0.5, 0.6) is 17.2 Å². The predicted octanol–water partition coefficient (Wildman–Crippen LogP) is 3.13. The van der Waals surface area contributed by atoms with Crippen LogP contribution in [0.3, 0.4) is 0 Å². The Kier molecular flexibility index (Phi) is 3.85. The Bertz CT molecular complexity index is 837. The molecule has 2 aromatic carbocycles. The van der Waals surface area contributed by atoms with Gasteiger partial charge in [-0.1, -0.05) is 6.07 Å². The van der Waals surface area contributed by atoms with Crippen LogP contribution in [0.25, 0.3) is 0 Å². The average Bonchev–Trinajstić information content (AvgIpc) is 3.11. The number of methoxy groups -OCH3 is 1. The number of rotatable bonds is 4. The summed E-state index contributed by atoms with van der Waals surface area (Å²) in [5.74, 6) is 2.36. The van der Waals surface area contributed by atoms with E-state index in [0.29, 0.717) is 43.0 Å². The van der Waals surface area contributed by atoms with E-state index in [-0.39, 0.29) is 0 Å². The molecule has 0 atom stereocenters. The van der Waals surface area contributed by atoms with Gasteiger partial charge >= 0.3 is 0 Å². The van der Waals surface area contributed by atoms with Crippen molar-refractivity contribution >= 4 is 17.2 Å². The van der Waals surface area contributed by atoms with Gasteiger partial charge in [0, 0.05) is 11.6 Å². The molecule has 2 heterocycles. The quantitative estimate of drug-likeness (QED) is 0.832. The molecule has 0 saturated heterocycles. The molecule has 25 heavy (non-hydrogen) atoms. The van der Waals surface area contributed by atoms with Crippen molar-refractivity contribution in [3.05, 3.63) is 41.5 Å². The molecule has 0 aromatic heterocycles. The van der Waals surface area contributed by atoms with Gasteiger partial charge in [0.05, 0.1) is 37.3 Å². The maximum atomic E-state index is 8.68. The Labute approximate surface area is 145 Å². The molecule has 0 amide bonds. The second-order valence-corrected chi connectivity index (χ2v) is 5.69. The number of benzene rings is 2. The van der Waals surface area contributed by atoms with Gasteiger partial charge in [0.2, 0.25) is 0 Å². The lowest BCUT2D eigenvalue weighted by molar-refractivity contribution is -0.194. The molecule has 4 rings (SSSR count). The molecule has 130 valence electrons. The number of hydrogen-bond acceptors (Lipinski definition) is 6. The maximum absolute atomic E-state index is 8.68. The van der Waals surface area contributed by atoms with Crippen molar-refractivity contribution < 1.29 is 19.2 Å². The second-order valence-electron chi connectivity index (χ2n) is 5.69. The Hall–Kier alpha value is -2.93. The minimum Gasteiger partial charge on any atom is -0.493 e. The molecule has 7 heteroatoms. The van der Waals surface area contributed by atoms with Crippen LogP contribution < -0.4 is 24.6 Å². The lowest BCUT2D eigenvalue weighted by atomic mass is 10.1. The summed E-state index contributed by atoms with van der Waals surface area (Å²) in [5, 5.41) is 12.0. The number of nitrogens with one attached hydrogen (secondary N) is 2. The SMILES string of the molecule is CCOc1cc2c(cc1OC)C(=N)N(c1cccc3c1COO3)CN2. The van der Waals surface area contributed by atoms with E-state index in [1.165, 1.54) is 0 Å². The third-order valence-electron chi connectivity index (χ3n) is 4.31. The van der Waals surface area contributed by atoms with Gasteiger partial charge < -0.3 is 24.6 Å². The molecule has 0 fully saturated rings. The molecule has 0 unspecified atom stereocenters. The molecule has 0 bridgehead atoms. The van der Waals surface area contributed by atoms with Crippen molar-refractivity contribution in [3.8, 4) is 17.2 Å². The highest BCUT2D eigenvalue weighted by atomic mass is 17.2. The third-order valence-corrected chi connectivity index (χ3v) is 4.31. The largest absolute Gasteiger partial charge is 0.493 e. The van der Waals surface area contributed by atoms with E-state index < -0.39 is 0 Å². The van der Waals surface area contributed by atoms with Crippen molar-refractivity contribution in [2.24, 2.45) is 0 Å². The van der Waals surface area contributed by atoms with E-state index in [2.05, 4.69) is 5.32 Å². The van der Waals surface area contributed by atoms with Crippen molar-refractivity contribution in [1.29, 1.82) is 5.41 Å². The summed E-state index contributed by atoms with van der Waals surface area (Å²) in [4.78, 5) is 12.1. The van der Waals surface area contributed by atoms with Crippen LogP contribution in [0.15, 0.2) is 30.3 Å². The van der Waals surface area contributed by atoms with Crippen molar-refractivity contribution in [3.63, 3.8) is 0 Å². The summed E-state index contributed by atoms with van der Waals surface area (Å²) in [6.45, 7) is 3.32. The fraction of sp³-hybridized carbons (Fsp3) is 0.278. The fourth-order valence-corrected chi connectivity index (χ4v) is 3.11. The minimum absolute atomic E-state index is 0.370. The first kappa shape index (κ1) is 15.6. The van der Waals surface area contributed by atoms with Gasteiger partial charge in [0.15, 0.2) is 17.2 Å². The molecule has 0 spiro atoms.